The van der Waals surface area contributed by atoms with Crippen LogP contribution in [0.15, 0.2) is 42.7 Å². The maximum atomic E-state index is 12.9. The zero-order valence-electron chi connectivity index (χ0n) is 15.7. The molecule has 0 spiro atoms. The van der Waals surface area contributed by atoms with Crippen molar-refractivity contribution in [2.75, 3.05) is 24.9 Å². The van der Waals surface area contributed by atoms with Gasteiger partial charge in [0.1, 0.15) is 17.5 Å². The van der Waals surface area contributed by atoms with Crippen molar-refractivity contribution in [1.82, 2.24) is 19.7 Å². The Balaban J connectivity index is 1.63. The molecular weight excluding hydrogens is 376 g/mol. The summed E-state index contributed by atoms with van der Waals surface area (Å²) in [7, 11) is 3.04. The molecule has 148 valence electrons. The second-order valence-electron chi connectivity index (χ2n) is 6.30. The molecule has 3 aromatic rings. The highest BCUT2D eigenvalue weighted by molar-refractivity contribution is 6.01. The average molecular weight is 394 g/mol. The fraction of sp³-hybridized carbons (Fsp3) is 0.211. The molecule has 2 N–H and O–H groups in total. The largest absolute Gasteiger partial charge is 0.497 e. The lowest BCUT2D eigenvalue weighted by Gasteiger charge is -2.22. The quantitative estimate of drug-likeness (QED) is 0.678. The summed E-state index contributed by atoms with van der Waals surface area (Å²) in [5.74, 6) is 0.923. The van der Waals surface area contributed by atoms with E-state index in [4.69, 9.17) is 9.47 Å². The number of pyridine rings is 1. The monoisotopic (exact) mass is 394 g/mol. The highest BCUT2D eigenvalue weighted by atomic mass is 16.5. The van der Waals surface area contributed by atoms with E-state index >= 15 is 0 Å². The molecule has 0 aliphatic carbocycles. The Bertz CT molecular complexity index is 1040. The van der Waals surface area contributed by atoms with Crippen LogP contribution < -0.4 is 20.1 Å². The first-order chi connectivity index (χ1) is 14.1. The van der Waals surface area contributed by atoms with Crippen molar-refractivity contribution in [2.24, 2.45) is 0 Å². The second kappa shape index (κ2) is 7.58. The fourth-order valence-corrected chi connectivity index (χ4v) is 2.99. The molecule has 1 atom stereocenters. The predicted octanol–water partition coefficient (Wildman–Crippen LogP) is 1.88. The van der Waals surface area contributed by atoms with E-state index in [0.717, 1.165) is 0 Å². The van der Waals surface area contributed by atoms with Gasteiger partial charge in [-0.2, -0.15) is 4.98 Å². The molecule has 1 aromatic carbocycles. The van der Waals surface area contributed by atoms with Gasteiger partial charge < -0.3 is 14.8 Å². The Morgan fingerprint density at radius 1 is 1.24 bits per heavy atom. The normalized spacial score (nSPS) is 15.2. The molecular formula is C19H18N6O4. The lowest BCUT2D eigenvalue weighted by molar-refractivity contribution is -0.125. The summed E-state index contributed by atoms with van der Waals surface area (Å²) >= 11 is 0. The Kier molecular flexibility index (Phi) is 4.82. The van der Waals surface area contributed by atoms with Crippen LogP contribution in [0.1, 0.15) is 12.5 Å². The Hall–Kier alpha value is -3.95. The number of ether oxygens (including phenoxy) is 2. The van der Waals surface area contributed by atoms with Gasteiger partial charge in [-0.05, 0) is 12.1 Å². The minimum Gasteiger partial charge on any atom is -0.497 e. The molecule has 2 aromatic heterocycles. The molecule has 0 unspecified atom stereocenters. The number of methoxy groups -OCH3 is 2. The lowest BCUT2D eigenvalue weighted by atomic mass is 10.1. The van der Waals surface area contributed by atoms with Crippen molar-refractivity contribution in [3.63, 3.8) is 0 Å². The summed E-state index contributed by atoms with van der Waals surface area (Å²) in [4.78, 5) is 33.4. The lowest BCUT2D eigenvalue weighted by Crippen LogP contribution is -2.36. The van der Waals surface area contributed by atoms with E-state index in [0.29, 0.717) is 28.6 Å². The fourth-order valence-electron chi connectivity index (χ4n) is 2.99. The minimum absolute atomic E-state index is 0.0597. The van der Waals surface area contributed by atoms with E-state index < -0.39 is 11.9 Å². The second-order valence-corrected chi connectivity index (χ2v) is 6.30. The van der Waals surface area contributed by atoms with Crippen LogP contribution in [0, 0.1) is 0 Å². The average Bonchev–Trinajstić information content (AvgIpc) is 3.17. The van der Waals surface area contributed by atoms with Gasteiger partial charge in [0, 0.05) is 41.8 Å². The summed E-state index contributed by atoms with van der Waals surface area (Å²) in [5, 5.41) is 9.84. The van der Waals surface area contributed by atoms with E-state index in [-0.39, 0.29) is 18.3 Å². The number of hydrogen-bond acceptors (Lipinski definition) is 7. The Morgan fingerprint density at radius 3 is 2.66 bits per heavy atom. The zero-order valence-corrected chi connectivity index (χ0v) is 15.7. The van der Waals surface area contributed by atoms with Crippen LogP contribution in [-0.2, 0) is 9.59 Å². The van der Waals surface area contributed by atoms with Gasteiger partial charge in [0.25, 0.3) is 0 Å². The molecule has 0 saturated carbocycles. The van der Waals surface area contributed by atoms with Crippen molar-refractivity contribution < 1.29 is 19.1 Å². The van der Waals surface area contributed by atoms with Crippen LogP contribution in [0.25, 0.3) is 11.4 Å². The molecule has 4 rings (SSSR count). The van der Waals surface area contributed by atoms with E-state index in [1.54, 1.807) is 42.7 Å². The van der Waals surface area contributed by atoms with Crippen LogP contribution in [-0.4, -0.2) is 45.8 Å². The van der Waals surface area contributed by atoms with Gasteiger partial charge in [-0.25, -0.2) is 4.68 Å². The molecule has 0 radical (unpaired) electrons. The molecule has 0 bridgehead atoms. The summed E-state index contributed by atoms with van der Waals surface area (Å²) in [6.07, 6.45) is 3.19. The van der Waals surface area contributed by atoms with Gasteiger partial charge in [0.2, 0.25) is 17.8 Å². The van der Waals surface area contributed by atoms with Crippen LogP contribution in [0.3, 0.4) is 0 Å². The third-order valence-corrected chi connectivity index (χ3v) is 4.40. The first-order valence-corrected chi connectivity index (χ1v) is 8.78. The summed E-state index contributed by atoms with van der Waals surface area (Å²) in [6, 6.07) is 7.72. The number of aromatic nitrogens is 4. The van der Waals surface area contributed by atoms with Gasteiger partial charge in [0.05, 0.1) is 20.6 Å². The van der Waals surface area contributed by atoms with Crippen LogP contribution in [0.5, 0.6) is 11.5 Å². The van der Waals surface area contributed by atoms with E-state index in [2.05, 4.69) is 25.7 Å². The maximum Gasteiger partial charge on any atom is 0.249 e. The number of benzene rings is 1. The zero-order chi connectivity index (χ0) is 20.4. The number of amides is 2. The number of carbonyl (C=O) groups is 2. The highest BCUT2D eigenvalue weighted by Gasteiger charge is 2.33. The van der Waals surface area contributed by atoms with E-state index in [9.17, 15) is 9.59 Å². The van der Waals surface area contributed by atoms with E-state index in [1.165, 1.54) is 18.9 Å². The van der Waals surface area contributed by atoms with Crippen molar-refractivity contribution in [1.29, 1.82) is 0 Å². The standard InChI is InChI=1S/C19H18N6O4/c1-28-13-6-12(7-14(8-13)29-2)21-18(27)15-9-16(26)22-19-23-17(24-25(15)19)11-4-3-5-20-10-11/h3-8,10,15H,9H2,1-2H3,(H,21,27)(H,22,23,24,26)/t15-/m0/s1. The van der Waals surface area contributed by atoms with Gasteiger partial charge in [-0.15, -0.1) is 5.10 Å². The van der Waals surface area contributed by atoms with Crippen LogP contribution in [0.4, 0.5) is 11.6 Å². The topological polar surface area (TPSA) is 120 Å². The van der Waals surface area contributed by atoms with Crippen molar-refractivity contribution in [3.05, 3.63) is 42.7 Å². The number of nitrogens with zero attached hydrogens (tertiary/aromatic N) is 4. The van der Waals surface area contributed by atoms with E-state index in [1.807, 2.05) is 0 Å². The molecule has 0 fully saturated rings. The number of carbonyl (C=O) groups excluding carboxylic acids is 2. The molecule has 10 nitrogen and oxygen atoms in total. The first-order valence-electron chi connectivity index (χ1n) is 8.78. The van der Waals surface area contributed by atoms with Crippen LogP contribution in [0.2, 0.25) is 0 Å². The summed E-state index contributed by atoms with van der Waals surface area (Å²) in [5.41, 5.74) is 1.16. The third kappa shape index (κ3) is 3.72. The van der Waals surface area contributed by atoms with Gasteiger partial charge in [0.15, 0.2) is 5.82 Å². The molecule has 1 aliphatic heterocycles. The highest BCUT2D eigenvalue weighted by Crippen LogP contribution is 2.29. The SMILES string of the molecule is COc1cc(NC(=O)[C@@H]2CC(=O)Nc3nc(-c4cccnc4)nn32)cc(OC)c1. The number of hydrogen-bond donors (Lipinski definition) is 2. The van der Waals surface area contributed by atoms with Gasteiger partial charge in [-0.3, -0.25) is 19.9 Å². The molecule has 2 amide bonds. The summed E-state index contributed by atoms with van der Waals surface area (Å²) < 4.78 is 11.9. The third-order valence-electron chi connectivity index (χ3n) is 4.40. The van der Waals surface area contributed by atoms with Gasteiger partial charge in [-0.1, -0.05) is 0 Å². The number of fused-ring (bicyclic) bond motifs is 1. The molecule has 1 aliphatic rings. The number of rotatable bonds is 5. The van der Waals surface area contributed by atoms with Crippen molar-refractivity contribution in [2.45, 2.75) is 12.5 Å². The molecule has 29 heavy (non-hydrogen) atoms. The predicted molar refractivity (Wildman–Crippen MR) is 104 cm³/mol. The van der Waals surface area contributed by atoms with Crippen LogP contribution >= 0.6 is 0 Å². The first kappa shape index (κ1) is 18.4. The van der Waals surface area contributed by atoms with Crippen molar-refractivity contribution >= 4 is 23.5 Å². The maximum absolute atomic E-state index is 12.9. The molecule has 10 heteroatoms. The molecule has 0 saturated heterocycles. The minimum atomic E-state index is -0.853. The van der Waals surface area contributed by atoms with Crippen molar-refractivity contribution in [3.8, 4) is 22.9 Å². The molecule has 3 heterocycles. The Labute approximate surface area is 165 Å². The Morgan fingerprint density at radius 2 is 2.00 bits per heavy atom. The van der Waals surface area contributed by atoms with Gasteiger partial charge >= 0.3 is 0 Å². The number of nitrogens with one attached hydrogen (secondary N) is 2. The summed E-state index contributed by atoms with van der Waals surface area (Å²) in [6.45, 7) is 0. The number of anilines is 2. The smallest absolute Gasteiger partial charge is 0.249 e.